The number of aromatic nitrogens is 4. The van der Waals surface area contributed by atoms with Crippen LogP contribution in [0.4, 0.5) is 23.1 Å². The van der Waals surface area contributed by atoms with Gasteiger partial charge in [-0.3, -0.25) is 0 Å². The van der Waals surface area contributed by atoms with Crippen LogP contribution in [0.5, 0.6) is 0 Å². The highest BCUT2D eigenvalue weighted by atomic mass is 15.1. The Hall–Kier alpha value is -3.41. The summed E-state index contributed by atoms with van der Waals surface area (Å²) in [5.41, 5.74) is 5.98. The molecule has 2 aromatic heterocycles. The van der Waals surface area contributed by atoms with Gasteiger partial charge in [0.1, 0.15) is 5.82 Å². The molecule has 0 aliphatic heterocycles. The Kier molecular flexibility index (Phi) is 3.78. The highest BCUT2D eigenvalue weighted by Gasteiger charge is 2.06. The number of hydrogen-bond acceptors (Lipinski definition) is 5. The number of nitrogens with zero attached hydrogens (tertiary/aromatic N) is 3. The molecule has 2 heterocycles. The van der Waals surface area contributed by atoms with Crippen LogP contribution >= 0.6 is 0 Å². The van der Waals surface area contributed by atoms with Crippen LogP contribution < -0.4 is 10.6 Å². The summed E-state index contributed by atoms with van der Waals surface area (Å²) in [5.74, 6) is 1.32. The van der Waals surface area contributed by atoms with E-state index in [2.05, 4.69) is 49.6 Å². The van der Waals surface area contributed by atoms with Gasteiger partial charge in [-0.15, -0.1) is 0 Å². The maximum absolute atomic E-state index is 4.60. The van der Waals surface area contributed by atoms with Crippen LogP contribution in [0.15, 0.2) is 55.0 Å². The van der Waals surface area contributed by atoms with E-state index in [9.17, 15) is 0 Å². The van der Waals surface area contributed by atoms with Crippen LogP contribution in [0.1, 0.15) is 11.1 Å². The highest BCUT2D eigenvalue weighted by Crippen LogP contribution is 2.23. The maximum atomic E-state index is 4.60. The van der Waals surface area contributed by atoms with Gasteiger partial charge in [0.25, 0.3) is 0 Å². The van der Waals surface area contributed by atoms with Crippen molar-refractivity contribution in [3.05, 3.63) is 66.1 Å². The second-order valence-corrected chi connectivity index (χ2v) is 5.98. The van der Waals surface area contributed by atoms with E-state index < -0.39 is 0 Å². The van der Waals surface area contributed by atoms with Gasteiger partial charge in [-0.1, -0.05) is 12.1 Å². The Morgan fingerprint density at radius 3 is 2.68 bits per heavy atom. The average Bonchev–Trinajstić information content (AvgIpc) is 3.06. The van der Waals surface area contributed by atoms with E-state index in [1.54, 1.807) is 6.33 Å². The van der Waals surface area contributed by atoms with Crippen LogP contribution in [0.25, 0.3) is 11.0 Å². The third-order valence-electron chi connectivity index (χ3n) is 3.93. The van der Waals surface area contributed by atoms with E-state index >= 15 is 0 Å². The number of rotatable bonds is 4. The lowest BCUT2D eigenvalue weighted by Crippen LogP contribution is -2.02. The van der Waals surface area contributed by atoms with E-state index in [0.717, 1.165) is 33.8 Å². The predicted molar refractivity (Wildman–Crippen MR) is 101 cm³/mol. The molecule has 0 saturated carbocycles. The summed E-state index contributed by atoms with van der Waals surface area (Å²) < 4.78 is 0. The first-order chi connectivity index (χ1) is 12.2. The molecule has 3 N–H and O–H groups in total. The molecule has 0 bridgehead atoms. The van der Waals surface area contributed by atoms with E-state index in [0.29, 0.717) is 5.95 Å². The van der Waals surface area contributed by atoms with E-state index in [4.69, 9.17) is 0 Å². The molecule has 6 nitrogen and oxygen atoms in total. The normalized spacial score (nSPS) is 10.8. The summed E-state index contributed by atoms with van der Waals surface area (Å²) in [4.78, 5) is 16.3. The number of aromatic amines is 1. The number of anilines is 4. The quantitative estimate of drug-likeness (QED) is 0.515. The van der Waals surface area contributed by atoms with Crippen LogP contribution in [0.2, 0.25) is 0 Å². The lowest BCUT2D eigenvalue weighted by molar-refractivity contribution is 1.13. The monoisotopic (exact) mass is 330 g/mol. The van der Waals surface area contributed by atoms with Crippen molar-refractivity contribution < 1.29 is 0 Å². The topological polar surface area (TPSA) is 78.5 Å². The Morgan fingerprint density at radius 2 is 1.80 bits per heavy atom. The molecule has 0 atom stereocenters. The minimum atomic E-state index is 0.557. The summed E-state index contributed by atoms with van der Waals surface area (Å²) in [6.45, 7) is 4.03. The number of benzene rings is 2. The van der Waals surface area contributed by atoms with Crippen molar-refractivity contribution in [2.24, 2.45) is 0 Å². The van der Waals surface area contributed by atoms with Gasteiger partial charge in [0.05, 0.1) is 17.4 Å². The molecule has 2 aromatic carbocycles. The Balaban J connectivity index is 1.60. The molecule has 4 aromatic rings. The second-order valence-electron chi connectivity index (χ2n) is 5.98. The standard InChI is InChI=1S/C19H18N6/c1-12-4-3-5-14(8-12)24-19-20-10-13(2)18(25-19)23-15-6-7-16-17(9-15)22-11-21-16/h3-11H,1-2H3,(H,21,22)(H2,20,23,24,25). The van der Waals surface area contributed by atoms with E-state index in [-0.39, 0.29) is 0 Å². The van der Waals surface area contributed by atoms with Crippen molar-refractivity contribution in [3.63, 3.8) is 0 Å². The van der Waals surface area contributed by atoms with Gasteiger partial charge in [0.15, 0.2) is 0 Å². The molecule has 0 unspecified atom stereocenters. The fraction of sp³-hybridized carbons (Fsp3) is 0.105. The third-order valence-corrected chi connectivity index (χ3v) is 3.93. The van der Waals surface area contributed by atoms with Crippen molar-refractivity contribution >= 4 is 34.2 Å². The van der Waals surface area contributed by atoms with Crippen LogP contribution in [0, 0.1) is 13.8 Å². The van der Waals surface area contributed by atoms with E-state index in [1.807, 2.05) is 43.5 Å². The number of aryl methyl sites for hydroxylation is 2. The molecule has 124 valence electrons. The largest absolute Gasteiger partial charge is 0.345 e. The maximum Gasteiger partial charge on any atom is 0.229 e. The van der Waals surface area contributed by atoms with E-state index in [1.165, 1.54) is 5.56 Å². The molecular formula is C19H18N6. The number of imidazole rings is 1. The van der Waals surface area contributed by atoms with Gasteiger partial charge < -0.3 is 15.6 Å². The summed E-state index contributed by atoms with van der Waals surface area (Å²) in [6, 6.07) is 14.1. The molecular weight excluding hydrogens is 312 g/mol. The van der Waals surface area contributed by atoms with Crippen molar-refractivity contribution in [2.75, 3.05) is 10.6 Å². The predicted octanol–water partition coefficient (Wildman–Crippen LogP) is 4.46. The van der Waals surface area contributed by atoms with Gasteiger partial charge in [0, 0.05) is 23.1 Å². The van der Waals surface area contributed by atoms with Crippen LogP contribution in [0.3, 0.4) is 0 Å². The van der Waals surface area contributed by atoms with Crippen LogP contribution in [-0.2, 0) is 0 Å². The summed E-state index contributed by atoms with van der Waals surface area (Å²) in [6.07, 6.45) is 3.50. The molecule has 6 heteroatoms. The molecule has 0 spiro atoms. The van der Waals surface area contributed by atoms with Crippen molar-refractivity contribution in [2.45, 2.75) is 13.8 Å². The van der Waals surface area contributed by atoms with Crippen molar-refractivity contribution in [1.29, 1.82) is 0 Å². The first-order valence-corrected chi connectivity index (χ1v) is 8.05. The zero-order valence-corrected chi connectivity index (χ0v) is 14.0. The number of hydrogen-bond donors (Lipinski definition) is 3. The summed E-state index contributed by atoms with van der Waals surface area (Å²) in [5, 5.41) is 6.60. The molecule has 0 aliphatic carbocycles. The molecule has 0 aliphatic rings. The minimum absolute atomic E-state index is 0.557. The Labute approximate surface area is 145 Å². The fourth-order valence-corrected chi connectivity index (χ4v) is 2.63. The number of H-pyrrole nitrogens is 1. The summed E-state index contributed by atoms with van der Waals surface area (Å²) in [7, 11) is 0. The molecule has 0 saturated heterocycles. The van der Waals surface area contributed by atoms with Gasteiger partial charge >= 0.3 is 0 Å². The number of nitrogens with one attached hydrogen (secondary N) is 3. The SMILES string of the molecule is Cc1cccc(Nc2ncc(C)c(Nc3ccc4nc[nH]c4c3)n2)c1. The first kappa shape index (κ1) is 15.1. The zero-order chi connectivity index (χ0) is 17.2. The second kappa shape index (κ2) is 6.24. The van der Waals surface area contributed by atoms with Crippen LogP contribution in [-0.4, -0.2) is 19.9 Å². The molecule has 25 heavy (non-hydrogen) atoms. The third kappa shape index (κ3) is 3.28. The van der Waals surface area contributed by atoms with Crippen molar-refractivity contribution in [1.82, 2.24) is 19.9 Å². The Bertz CT molecular complexity index is 1040. The van der Waals surface area contributed by atoms with Gasteiger partial charge in [0.2, 0.25) is 5.95 Å². The average molecular weight is 330 g/mol. The molecule has 4 rings (SSSR count). The van der Waals surface area contributed by atoms with Crippen molar-refractivity contribution in [3.8, 4) is 0 Å². The molecule has 0 amide bonds. The zero-order valence-electron chi connectivity index (χ0n) is 14.0. The van der Waals surface area contributed by atoms with Gasteiger partial charge in [-0.05, 0) is 49.7 Å². The number of fused-ring (bicyclic) bond motifs is 1. The van der Waals surface area contributed by atoms with Gasteiger partial charge in [-0.2, -0.15) is 4.98 Å². The van der Waals surface area contributed by atoms with Gasteiger partial charge in [-0.25, -0.2) is 9.97 Å². The lowest BCUT2D eigenvalue weighted by atomic mass is 10.2. The first-order valence-electron chi connectivity index (χ1n) is 8.05. The molecule has 0 fully saturated rings. The Morgan fingerprint density at radius 1 is 0.920 bits per heavy atom. The summed E-state index contributed by atoms with van der Waals surface area (Å²) >= 11 is 0. The highest BCUT2D eigenvalue weighted by molar-refractivity contribution is 5.80. The smallest absolute Gasteiger partial charge is 0.229 e. The fourth-order valence-electron chi connectivity index (χ4n) is 2.63. The minimum Gasteiger partial charge on any atom is -0.345 e. The molecule has 0 radical (unpaired) electrons. The lowest BCUT2D eigenvalue weighted by Gasteiger charge is -2.11.